The first-order valence-corrected chi connectivity index (χ1v) is 11.8. The Balaban J connectivity index is 1.49. The van der Waals surface area contributed by atoms with Gasteiger partial charge < -0.3 is 15.2 Å². The molecule has 0 aliphatic heterocycles. The zero-order valence-electron chi connectivity index (χ0n) is 18.1. The molecule has 0 spiro atoms. The van der Waals surface area contributed by atoms with E-state index in [1.54, 1.807) is 12.1 Å². The molecular formula is C22H30FN5O2S. The van der Waals surface area contributed by atoms with E-state index in [9.17, 15) is 14.0 Å². The summed E-state index contributed by atoms with van der Waals surface area (Å²) < 4.78 is 15.6. The number of nitrogens with zero attached hydrogens (tertiary/aromatic N) is 3. The number of carbonyl (C=O) groups excluding carboxylic acids is 2. The van der Waals surface area contributed by atoms with Crippen molar-refractivity contribution in [2.24, 2.45) is 5.92 Å². The topological polar surface area (TPSA) is 88.9 Å². The van der Waals surface area contributed by atoms with Gasteiger partial charge in [-0.1, -0.05) is 43.7 Å². The van der Waals surface area contributed by atoms with Crippen molar-refractivity contribution in [3.8, 4) is 0 Å². The van der Waals surface area contributed by atoms with E-state index in [2.05, 4.69) is 27.8 Å². The number of hydrogen-bond acceptors (Lipinski definition) is 5. The van der Waals surface area contributed by atoms with Gasteiger partial charge in [0.2, 0.25) is 5.91 Å². The van der Waals surface area contributed by atoms with Crippen LogP contribution >= 0.6 is 11.8 Å². The van der Waals surface area contributed by atoms with Crippen molar-refractivity contribution in [1.29, 1.82) is 0 Å². The summed E-state index contributed by atoms with van der Waals surface area (Å²) in [5.74, 6) is 0.562. The van der Waals surface area contributed by atoms with Crippen LogP contribution in [-0.2, 0) is 17.8 Å². The smallest absolute Gasteiger partial charge is 0.254 e. The summed E-state index contributed by atoms with van der Waals surface area (Å²) in [6.45, 7) is 5.16. The van der Waals surface area contributed by atoms with Gasteiger partial charge in [0.15, 0.2) is 5.16 Å². The molecule has 3 rings (SSSR count). The molecule has 2 amide bonds. The number of halogens is 1. The predicted octanol–water partition coefficient (Wildman–Crippen LogP) is 3.20. The zero-order chi connectivity index (χ0) is 22.2. The molecule has 1 aliphatic rings. The van der Waals surface area contributed by atoms with Crippen LogP contribution in [0.4, 0.5) is 4.39 Å². The van der Waals surface area contributed by atoms with Crippen molar-refractivity contribution in [1.82, 2.24) is 25.4 Å². The van der Waals surface area contributed by atoms with Crippen molar-refractivity contribution in [2.45, 2.75) is 63.7 Å². The number of benzene rings is 1. The standard InChI is InChI=1S/C22H30FN5O2S/c1-3-28-19(12-13-24-21(30)16-9-5-6-10-17(16)23)26-27-22(28)31-14-20(29)25-18-11-7-4-8-15(18)2/h5-6,9-10,15,18H,3-4,7-8,11-14H2,1-2H3,(H,24,30)(H,25,29)/t15-,18-/m0/s1. The molecule has 0 saturated heterocycles. The van der Waals surface area contributed by atoms with Crippen LogP contribution < -0.4 is 10.6 Å². The number of hydrogen-bond donors (Lipinski definition) is 2. The summed E-state index contributed by atoms with van der Waals surface area (Å²) >= 11 is 1.37. The fourth-order valence-corrected chi connectivity index (χ4v) is 4.70. The van der Waals surface area contributed by atoms with Gasteiger partial charge in [0.05, 0.1) is 11.3 Å². The zero-order valence-corrected chi connectivity index (χ0v) is 18.9. The fraction of sp³-hybridized carbons (Fsp3) is 0.545. The monoisotopic (exact) mass is 447 g/mol. The molecule has 1 aromatic heterocycles. The van der Waals surface area contributed by atoms with Crippen LogP contribution in [0, 0.1) is 11.7 Å². The van der Waals surface area contributed by atoms with E-state index in [1.807, 2.05) is 11.5 Å². The Kier molecular flexibility index (Phi) is 8.45. The minimum absolute atomic E-state index is 0.0214. The minimum atomic E-state index is -0.545. The van der Waals surface area contributed by atoms with Crippen LogP contribution in [0.15, 0.2) is 29.4 Å². The third-order valence-electron chi connectivity index (χ3n) is 5.65. The average Bonchev–Trinajstić information content (AvgIpc) is 3.16. The molecule has 2 aromatic rings. The highest BCUT2D eigenvalue weighted by Crippen LogP contribution is 2.24. The Hall–Kier alpha value is -2.42. The molecule has 31 heavy (non-hydrogen) atoms. The Morgan fingerprint density at radius 2 is 2.00 bits per heavy atom. The van der Waals surface area contributed by atoms with E-state index in [4.69, 9.17) is 0 Å². The summed E-state index contributed by atoms with van der Waals surface area (Å²) in [6, 6.07) is 6.15. The quantitative estimate of drug-likeness (QED) is 0.577. The van der Waals surface area contributed by atoms with Crippen LogP contribution in [0.2, 0.25) is 0 Å². The third kappa shape index (κ3) is 6.29. The van der Waals surface area contributed by atoms with Crippen molar-refractivity contribution < 1.29 is 14.0 Å². The maximum atomic E-state index is 13.7. The molecule has 1 fully saturated rings. The van der Waals surface area contributed by atoms with Crippen LogP contribution in [0.3, 0.4) is 0 Å². The SMILES string of the molecule is CCn1c(CCNC(=O)c2ccccc2F)nnc1SCC(=O)N[C@H]1CCCC[C@@H]1C. The molecule has 2 atom stereocenters. The normalized spacial score (nSPS) is 18.5. The van der Waals surface area contributed by atoms with Crippen LogP contribution in [0.1, 0.15) is 55.7 Å². The molecule has 1 aliphatic carbocycles. The number of carbonyl (C=O) groups is 2. The third-order valence-corrected chi connectivity index (χ3v) is 6.62. The second-order valence-corrected chi connectivity index (χ2v) is 8.80. The molecular weight excluding hydrogens is 417 g/mol. The summed E-state index contributed by atoms with van der Waals surface area (Å²) in [5.41, 5.74) is 0.0222. The van der Waals surface area contributed by atoms with Crippen LogP contribution in [-0.4, -0.2) is 44.9 Å². The lowest BCUT2D eigenvalue weighted by molar-refractivity contribution is -0.119. The van der Waals surface area contributed by atoms with Gasteiger partial charge >= 0.3 is 0 Å². The molecule has 1 saturated carbocycles. The van der Waals surface area contributed by atoms with E-state index in [0.717, 1.165) is 12.2 Å². The number of thioether (sulfide) groups is 1. The van der Waals surface area contributed by atoms with E-state index in [1.165, 1.54) is 43.2 Å². The largest absolute Gasteiger partial charge is 0.352 e. The van der Waals surface area contributed by atoms with Gasteiger partial charge in [-0.05, 0) is 37.8 Å². The molecule has 0 radical (unpaired) electrons. The first-order valence-electron chi connectivity index (χ1n) is 10.9. The molecule has 9 heteroatoms. The van der Waals surface area contributed by atoms with Gasteiger partial charge in [-0.25, -0.2) is 4.39 Å². The highest BCUT2D eigenvalue weighted by molar-refractivity contribution is 7.99. The lowest BCUT2D eigenvalue weighted by Gasteiger charge is -2.29. The van der Waals surface area contributed by atoms with Gasteiger partial charge in [-0.15, -0.1) is 10.2 Å². The molecule has 2 N–H and O–H groups in total. The molecule has 168 valence electrons. The van der Waals surface area contributed by atoms with Gasteiger partial charge in [-0.3, -0.25) is 9.59 Å². The number of rotatable bonds is 9. The summed E-state index contributed by atoms with van der Waals surface area (Å²) in [6.07, 6.45) is 5.09. The Morgan fingerprint density at radius 3 is 2.74 bits per heavy atom. The average molecular weight is 448 g/mol. The predicted molar refractivity (Wildman–Crippen MR) is 118 cm³/mol. The first-order chi connectivity index (χ1) is 15.0. The number of amides is 2. The second-order valence-electron chi connectivity index (χ2n) is 7.85. The highest BCUT2D eigenvalue weighted by atomic mass is 32.2. The van der Waals surface area contributed by atoms with Crippen molar-refractivity contribution in [2.75, 3.05) is 12.3 Å². The van der Waals surface area contributed by atoms with Crippen molar-refractivity contribution in [3.05, 3.63) is 41.5 Å². The van der Waals surface area contributed by atoms with E-state index in [-0.39, 0.29) is 17.5 Å². The number of aromatic nitrogens is 3. The van der Waals surface area contributed by atoms with E-state index < -0.39 is 11.7 Å². The Bertz CT molecular complexity index is 904. The van der Waals surface area contributed by atoms with Gasteiger partial charge in [0.25, 0.3) is 5.91 Å². The Labute approximate surface area is 186 Å². The van der Waals surface area contributed by atoms with Crippen LogP contribution in [0.25, 0.3) is 0 Å². The minimum Gasteiger partial charge on any atom is -0.352 e. The van der Waals surface area contributed by atoms with Gasteiger partial charge in [0.1, 0.15) is 11.6 Å². The maximum Gasteiger partial charge on any atom is 0.254 e. The van der Waals surface area contributed by atoms with E-state index >= 15 is 0 Å². The molecule has 1 heterocycles. The second kappa shape index (κ2) is 11.3. The molecule has 1 aromatic carbocycles. The summed E-state index contributed by atoms with van der Waals surface area (Å²) in [5, 5.41) is 15.0. The Morgan fingerprint density at radius 1 is 1.23 bits per heavy atom. The molecule has 0 unspecified atom stereocenters. The van der Waals surface area contributed by atoms with Crippen LogP contribution in [0.5, 0.6) is 0 Å². The van der Waals surface area contributed by atoms with Crippen molar-refractivity contribution in [3.63, 3.8) is 0 Å². The summed E-state index contributed by atoms with van der Waals surface area (Å²) in [4.78, 5) is 24.5. The van der Waals surface area contributed by atoms with E-state index in [0.29, 0.717) is 36.3 Å². The summed E-state index contributed by atoms with van der Waals surface area (Å²) in [7, 11) is 0. The fourth-order valence-electron chi connectivity index (χ4n) is 3.87. The lowest BCUT2D eigenvalue weighted by Crippen LogP contribution is -2.41. The lowest BCUT2D eigenvalue weighted by atomic mass is 9.86. The molecule has 0 bridgehead atoms. The number of nitrogens with one attached hydrogen (secondary N) is 2. The highest BCUT2D eigenvalue weighted by Gasteiger charge is 2.23. The first kappa shape index (κ1) is 23.2. The van der Waals surface area contributed by atoms with Gasteiger partial charge in [0, 0.05) is 25.6 Å². The van der Waals surface area contributed by atoms with Crippen molar-refractivity contribution >= 4 is 23.6 Å². The molecule has 7 nitrogen and oxygen atoms in total. The van der Waals surface area contributed by atoms with Gasteiger partial charge in [-0.2, -0.15) is 0 Å². The maximum absolute atomic E-state index is 13.7.